The van der Waals surface area contributed by atoms with E-state index in [-0.39, 0.29) is 24.0 Å². The second-order valence-electron chi connectivity index (χ2n) is 5.00. The van der Waals surface area contributed by atoms with Crippen LogP contribution in [0.3, 0.4) is 0 Å². The maximum Gasteiger partial charge on any atom is 0.191 e. The maximum atomic E-state index is 5.29. The zero-order chi connectivity index (χ0) is 15.9. The predicted octanol–water partition coefficient (Wildman–Crippen LogP) is 2.24. The van der Waals surface area contributed by atoms with E-state index in [2.05, 4.69) is 25.8 Å². The fourth-order valence-corrected chi connectivity index (χ4v) is 2.26. The van der Waals surface area contributed by atoms with Gasteiger partial charge < -0.3 is 15.1 Å². The lowest BCUT2D eigenvalue weighted by molar-refractivity contribution is 0.512. The summed E-state index contributed by atoms with van der Waals surface area (Å²) in [6.45, 7) is 4.07. The number of hydrogen-bond acceptors (Lipinski definition) is 4. The number of aliphatic imine (C=N–C) groups is 1. The lowest BCUT2D eigenvalue weighted by Gasteiger charge is -2.10. The minimum Gasteiger partial charge on any atom is -0.467 e. The van der Waals surface area contributed by atoms with E-state index < -0.39 is 0 Å². The summed E-state index contributed by atoms with van der Waals surface area (Å²) in [7, 11) is 0. The molecule has 0 fully saturated rings. The fourth-order valence-electron chi connectivity index (χ4n) is 2.26. The molecule has 0 aliphatic carbocycles. The molecule has 0 aromatic carbocycles. The molecule has 2 N–H and O–H groups in total. The first-order chi connectivity index (χ1) is 11.4. The zero-order valence-electron chi connectivity index (χ0n) is 13.5. The molecule has 24 heavy (non-hydrogen) atoms. The molecule has 0 atom stereocenters. The van der Waals surface area contributed by atoms with Crippen LogP contribution in [0.4, 0.5) is 0 Å². The molecule has 0 saturated carbocycles. The molecule has 0 radical (unpaired) electrons. The highest BCUT2D eigenvalue weighted by Crippen LogP contribution is 2.03. The molecule has 3 rings (SSSR count). The third kappa shape index (κ3) is 4.70. The van der Waals surface area contributed by atoms with Crippen LogP contribution >= 0.6 is 24.0 Å². The van der Waals surface area contributed by atoms with Crippen molar-refractivity contribution in [1.82, 2.24) is 25.2 Å². The molecule has 8 heteroatoms. The topological polar surface area (TPSA) is 79.8 Å². The molecular formula is C16H21IN6O. The SMILES string of the molecule is CCNC(=NCc1ccco1)NCCc1nnc2ccccn12.I. The molecule has 0 unspecified atom stereocenters. The Bertz CT molecular complexity index is 768. The van der Waals surface area contributed by atoms with Crippen LogP contribution in [0.2, 0.25) is 0 Å². The van der Waals surface area contributed by atoms with Crippen LogP contribution in [0.25, 0.3) is 5.65 Å². The Balaban J connectivity index is 0.00000208. The fraction of sp³-hybridized carbons (Fsp3) is 0.312. The molecule has 0 aliphatic heterocycles. The van der Waals surface area contributed by atoms with Gasteiger partial charge in [-0.15, -0.1) is 34.2 Å². The monoisotopic (exact) mass is 440 g/mol. The van der Waals surface area contributed by atoms with Crippen LogP contribution in [0.1, 0.15) is 18.5 Å². The number of fused-ring (bicyclic) bond motifs is 1. The molecule has 0 spiro atoms. The average molecular weight is 440 g/mol. The normalized spacial score (nSPS) is 11.3. The van der Waals surface area contributed by atoms with Gasteiger partial charge in [0.05, 0.1) is 6.26 Å². The van der Waals surface area contributed by atoms with Crippen LogP contribution in [-0.4, -0.2) is 33.6 Å². The molecule has 3 heterocycles. The van der Waals surface area contributed by atoms with E-state index in [1.807, 2.05) is 47.9 Å². The number of nitrogens with one attached hydrogen (secondary N) is 2. The summed E-state index contributed by atoms with van der Waals surface area (Å²) < 4.78 is 7.28. The molecule has 0 bridgehead atoms. The number of furan rings is 1. The number of pyridine rings is 1. The van der Waals surface area contributed by atoms with Gasteiger partial charge in [0.25, 0.3) is 0 Å². The standard InChI is InChI=1S/C16H20N6O.HI/c1-2-17-16(19-12-13-6-5-11-23-13)18-9-8-15-21-20-14-7-3-4-10-22(14)15;/h3-7,10-11H,2,8-9,12H2,1H3,(H2,17,18,19);1H. The highest BCUT2D eigenvalue weighted by Gasteiger charge is 2.05. The van der Waals surface area contributed by atoms with E-state index in [1.165, 1.54) is 0 Å². The van der Waals surface area contributed by atoms with Crippen LogP contribution in [0, 0.1) is 0 Å². The number of nitrogens with zero attached hydrogens (tertiary/aromatic N) is 4. The van der Waals surface area contributed by atoms with Gasteiger partial charge in [-0.05, 0) is 31.2 Å². The van der Waals surface area contributed by atoms with E-state index in [0.717, 1.165) is 42.7 Å². The summed E-state index contributed by atoms with van der Waals surface area (Å²) in [5.74, 6) is 2.53. The van der Waals surface area contributed by atoms with Crippen molar-refractivity contribution < 1.29 is 4.42 Å². The van der Waals surface area contributed by atoms with Crippen molar-refractivity contribution in [2.45, 2.75) is 19.9 Å². The van der Waals surface area contributed by atoms with E-state index in [1.54, 1.807) is 6.26 Å². The zero-order valence-corrected chi connectivity index (χ0v) is 15.8. The van der Waals surface area contributed by atoms with E-state index in [9.17, 15) is 0 Å². The van der Waals surface area contributed by atoms with Gasteiger partial charge in [0.2, 0.25) is 0 Å². The number of rotatable bonds is 6. The Morgan fingerprint density at radius 1 is 1.21 bits per heavy atom. The van der Waals surface area contributed by atoms with E-state index in [0.29, 0.717) is 6.54 Å². The number of guanidine groups is 1. The maximum absolute atomic E-state index is 5.29. The van der Waals surface area contributed by atoms with Crippen molar-refractivity contribution in [2.24, 2.45) is 4.99 Å². The minimum absolute atomic E-state index is 0. The van der Waals surface area contributed by atoms with Gasteiger partial charge in [0, 0.05) is 25.7 Å². The van der Waals surface area contributed by atoms with Crippen molar-refractivity contribution >= 4 is 35.6 Å². The molecule has 0 amide bonds. The Morgan fingerprint density at radius 2 is 2.12 bits per heavy atom. The Kier molecular flexibility index (Phi) is 7.04. The largest absolute Gasteiger partial charge is 0.467 e. The molecule has 0 saturated heterocycles. The first-order valence-corrected chi connectivity index (χ1v) is 7.70. The summed E-state index contributed by atoms with van der Waals surface area (Å²) >= 11 is 0. The summed E-state index contributed by atoms with van der Waals surface area (Å²) in [6.07, 6.45) is 4.39. The van der Waals surface area contributed by atoms with Gasteiger partial charge >= 0.3 is 0 Å². The highest BCUT2D eigenvalue weighted by atomic mass is 127. The van der Waals surface area contributed by atoms with Crippen molar-refractivity contribution in [3.8, 4) is 0 Å². The first kappa shape index (κ1) is 18.2. The number of aromatic nitrogens is 3. The lowest BCUT2D eigenvalue weighted by atomic mass is 10.4. The molecular weight excluding hydrogens is 419 g/mol. The van der Waals surface area contributed by atoms with Crippen molar-refractivity contribution in [3.05, 3.63) is 54.4 Å². The summed E-state index contributed by atoms with van der Waals surface area (Å²) in [6, 6.07) is 9.65. The van der Waals surface area contributed by atoms with Gasteiger partial charge in [-0.1, -0.05) is 6.07 Å². The van der Waals surface area contributed by atoms with Crippen LogP contribution in [0.15, 0.2) is 52.2 Å². The van der Waals surface area contributed by atoms with E-state index >= 15 is 0 Å². The average Bonchev–Trinajstić information content (AvgIpc) is 3.22. The van der Waals surface area contributed by atoms with E-state index in [4.69, 9.17) is 4.42 Å². The van der Waals surface area contributed by atoms with Gasteiger partial charge in [0.15, 0.2) is 11.6 Å². The van der Waals surface area contributed by atoms with Crippen LogP contribution < -0.4 is 10.6 Å². The molecule has 3 aromatic rings. The molecule has 128 valence electrons. The second-order valence-corrected chi connectivity index (χ2v) is 5.00. The number of hydrogen-bond donors (Lipinski definition) is 2. The smallest absolute Gasteiger partial charge is 0.191 e. The second kappa shape index (κ2) is 9.26. The first-order valence-electron chi connectivity index (χ1n) is 7.70. The summed E-state index contributed by atoms with van der Waals surface area (Å²) in [5.41, 5.74) is 0.862. The molecule has 3 aromatic heterocycles. The third-order valence-electron chi connectivity index (χ3n) is 3.34. The Morgan fingerprint density at radius 3 is 2.92 bits per heavy atom. The number of halogens is 1. The quantitative estimate of drug-likeness (QED) is 0.349. The van der Waals surface area contributed by atoms with Gasteiger partial charge in [-0.3, -0.25) is 4.40 Å². The van der Waals surface area contributed by atoms with Gasteiger partial charge in [-0.2, -0.15) is 0 Å². The van der Waals surface area contributed by atoms with Gasteiger partial charge in [-0.25, -0.2) is 4.99 Å². The van der Waals surface area contributed by atoms with Gasteiger partial charge in [0.1, 0.15) is 18.1 Å². The van der Waals surface area contributed by atoms with Crippen molar-refractivity contribution in [1.29, 1.82) is 0 Å². The Hall–Kier alpha value is -2.10. The summed E-state index contributed by atoms with van der Waals surface area (Å²) in [5, 5.41) is 14.9. The predicted molar refractivity (Wildman–Crippen MR) is 104 cm³/mol. The lowest BCUT2D eigenvalue weighted by Crippen LogP contribution is -2.38. The van der Waals surface area contributed by atoms with Crippen LogP contribution in [0.5, 0.6) is 0 Å². The molecule has 7 nitrogen and oxygen atoms in total. The van der Waals surface area contributed by atoms with Crippen LogP contribution in [-0.2, 0) is 13.0 Å². The van der Waals surface area contributed by atoms with Crippen molar-refractivity contribution in [3.63, 3.8) is 0 Å². The Labute approximate surface area is 157 Å². The van der Waals surface area contributed by atoms with Crippen molar-refractivity contribution in [2.75, 3.05) is 13.1 Å². The summed E-state index contributed by atoms with van der Waals surface area (Å²) in [4.78, 5) is 4.49. The third-order valence-corrected chi connectivity index (χ3v) is 3.34. The minimum atomic E-state index is 0. The molecule has 0 aliphatic rings. The highest BCUT2D eigenvalue weighted by molar-refractivity contribution is 14.0.